The van der Waals surface area contributed by atoms with Gasteiger partial charge in [0, 0.05) is 28.8 Å². The number of anilines is 1. The van der Waals surface area contributed by atoms with Crippen molar-refractivity contribution < 1.29 is 29.0 Å². The third-order valence-corrected chi connectivity index (χ3v) is 5.71. The van der Waals surface area contributed by atoms with Gasteiger partial charge in [-0.05, 0) is 49.2 Å². The molecule has 10 nitrogen and oxygen atoms in total. The van der Waals surface area contributed by atoms with E-state index in [2.05, 4.69) is 26.3 Å². The first-order valence-electron chi connectivity index (χ1n) is 11.5. The number of guanidine groups is 1. The third kappa shape index (κ3) is 8.16. The Morgan fingerprint density at radius 1 is 1.27 bits per heavy atom. The van der Waals surface area contributed by atoms with Gasteiger partial charge in [-0.2, -0.15) is 0 Å². The number of phenols is 1. The summed E-state index contributed by atoms with van der Waals surface area (Å²) in [7, 11) is 0. The Labute approximate surface area is 218 Å². The Bertz CT molecular complexity index is 1200. The summed E-state index contributed by atoms with van der Waals surface area (Å²) in [5.41, 5.74) is 0.268. The molecule has 1 heterocycles. The largest absolute Gasteiger partial charge is 0.508 e. The number of carbonyl (C=O) groups excluding carboxylic acids is 3. The number of phenolic OH excluding ortho intramolecular Hbond substituents is 1. The molecule has 1 unspecified atom stereocenters. The highest BCUT2D eigenvalue weighted by Crippen LogP contribution is 2.28. The second kappa shape index (κ2) is 12.0. The Hall–Kier alpha value is -3.70. The fourth-order valence-corrected chi connectivity index (χ4v) is 3.85. The number of aliphatic hydroxyl groups is 1. The predicted octanol–water partition coefficient (Wildman–Crippen LogP) is 2.16. The zero-order valence-electron chi connectivity index (χ0n) is 20.3. The van der Waals surface area contributed by atoms with E-state index in [0.29, 0.717) is 34.1 Å². The van der Waals surface area contributed by atoms with Gasteiger partial charge in [0.2, 0.25) is 5.91 Å². The number of aromatic hydroxyl groups is 1. The van der Waals surface area contributed by atoms with Gasteiger partial charge in [-0.3, -0.25) is 9.59 Å². The lowest BCUT2D eigenvalue weighted by Gasteiger charge is -2.23. The van der Waals surface area contributed by atoms with Crippen molar-refractivity contribution in [2.75, 3.05) is 25.0 Å². The van der Waals surface area contributed by atoms with Crippen molar-refractivity contribution in [1.29, 1.82) is 0 Å². The molecule has 3 rings (SSSR count). The maximum absolute atomic E-state index is 13.2. The quantitative estimate of drug-likeness (QED) is 0.270. The van der Waals surface area contributed by atoms with Crippen molar-refractivity contribution in [2.24, 2.45) is 4.99 Å². The number of nitrogens with one attached hydrogen (secondary N) is 4. The van der Waals surface area contributed by atoms with Gasteiger partial charge < -0.3 is 36.3 Å². The van der Waals surface area contributed by atoms with Crippen LogP contribution in [0.1, 0.15) is 47.8 Å². The topological polar surface area (TPSA) is 152 Å². The number of amides is 2. The highest BCUT2D eigenvalue weighted by atomic mass is 35.5. The maximum atomic E-state index is 13.2. The van der Waals surface area contributed by atoms with Crippen LogP contribution < -0.4 is 21.3 Å². The van der Waals surface area contributed by atoms with E-state index in [-0.39, 0.29) is 30.8 Å². The molecule has 1 aliphatic rings. The number of hydrogen-bond donors (Lipinski definition) is 6. The van der Waals surface area contributed by atoms with Crippen molar-refractivity contribution in [3.05, 3.63) is 58.1 Å². The second-order valence-corrected chi connectivity index (χ2v) is 9.53. The lowest BCUT2D eigenvalue weighted by atomic mass is 9.93. The number of rotatable bonds is 9. The number of carbonyl (C=O) groups is 3. The van der Waals surface area contributed by atoms with Gasteiger partial charge in [0.15, 0.2) is 5.96 Å². The summed E-state index contributed by atoms with van der Waals surface area (Å²) >= 11 is 6.18. The molecule has 2 amide bonds. The Kier molecular flexibility index (Phi) is 9.06. The first-order chi connectivity index (χ1) is 17.4. The number of nitrogens with zero attached hydrogens (tertiary/aromatic N) is 1. The zero-order chi connectivity index (χ0) is 27.2. The fraction of sp³-hybridized carbons (Fsp3) is 0.360. The number of hydrogen-bond acceptors (Lipinski definition) is 8. The van der Waals surface area contributed by atoms with E-state index in [1.807, 2.05) is 0 Å². The van der Waals surface area contributed by atoms with Crippen LogP contribution >= 0.6 is 11.6 Å². The van der Waals surface area contributed by atoms with Crippen molar-refractivity contribution in [3.8, 4) is 5.75 Å². The van der Waals surface area contributed by atoms with Gasteiger partial charge in [0.1, 0.15) is 18.2 Å². The molecule has 2 aromatic carbocycles. The van der Waals surface area contributed by atoms with Gasteiger partial charge in [-0.15, -0.1) is 0 Å². The average molecular weight is 534 g/mol. The van der Waals surface area contributed by atoms with E-state index in [4.69, 9.17) is 11.6 Å². The minimum Gasteiger partial charge on any atom is -0.508 e. The zero-order valence-corrected chi connectivity index (χ0v) is 21.1. The van der Waals surface area contributed by atoms with Gasteiger partial charge in [0.05, 0.1) is 31.3 Å². The standard InChI is InChI=1S/C25H29ClFN5O5/c1-25(2,37)16-5-14(6-17(26)9-16)21(3-4-33)32-22(35)13-28-23(36)15-7-19(10-20(34)8-15)31-24-29-11-18(27)12-30-24/h4-10,18,21,34,37H,3,11-13H2,1-2H3,(H,28,36)(H,32,35)(H2,29,30,31)/t21-/m0/s1. The summed E-state index contributed by atoms with van der Waals surface area (Å²) in [6.45, 7) is 2.86. The van der Waals surface area contributed by atoms with Gasteiger partial charge in [-0.1, -0.05) is 17.7 Å². The van der Waals surface area contributed by atoms with E-state index in [1.54, 1.807) is 32.0 Å². The molecule has 0 fully saturated rings. The molecule has 0 spiro atoms. The first-order valence-corrected chi connectivity index (χ1v) is 11.9. The Morgan fingerprint density at radius 2 is 2.03 bits per heavy atom. The van der Waals surface area contributed by atoms with Crippen LogP contribution in [0.25, 0.3) is 0 Å². The molecule has 37 heavy (non-hydrogen) atoms. The third-order valence-electron chi connectivity index (χ3n) is 5.49. The molecule has 0 aromatic heterocycles. The molecule has 6 N–H and O–H groups in total. The van der Waals surface area contributed by atoms with E-state index < -0.39 is 36.2 Å². The number of benzene rings is 2. The van der Waals surface area contributed by atoms with E-state index in [1.165, 1.54) is 18.2 Å². The van der Waals surface area contributed by atoms with E-state index in [0.717, 1.165) is 0 Å². The molecule has 12 heteroatoms. The number of halogens is 2. The van der Waals surface area contributed by atoms with Crippen molar-refractivity contribution in [3.63, 3.8) is 0 Å². The lowest BCUT2D eigenvalue weighted by Crippen LogP contribution is -2.41. The highest BCUT2D eigenvalue weighted by molar-refractivity contribution is 6.30. The van der Waals surface area contributed by atoms with Crippen LogP contribution in [0.3, 0.4) is 0 Å². The lowest BCUT2D eigenvalue weighted by molar-refractivity contribution is -0.121. The molecule has 0 aliphatic carbocycles. The minimum absolute atomic E-state index is 0.00401. The van der Waals surface area contributed by atoms with Crippen LogP contribution in [0.2, 0.25) is 5.02 Å². The van der Waals surface area contributed by atoms with Crippen molar-refractivity contribution in [2.45, 2.75) is 38.1 Å². The molecule has 2 atom stereocenters. The predicted molar refractivity (Wildman–Crippen MR) is 138 cm³/mol. The number of aliphatic imine (C=N–C) groups is 1. The van der Waals surface area contributed by atoms with Crippen LogP contribution in [0, 0.1) is 0 Å². The number of aldehydes is 1. The highest BCUT2D eigenvalue weighted by Gasteiger charge is 2.22. The van der Waals surface area contributed by atoms with E-state index >= 15 is 0 Å². The van der Waals surface area contributed by atoms with Gasteiger partial charge >= 0.3 is 0 Å². The van der Waals surface area contributed by atoms with Crippen LogP contribution in [0.15, 0.2) is 41.4 Å². The summed E-state index contributed by atoms with van der Waals surface area (Å²) in [5.74, 6) is -1.09. The SMILES string of the molecule is CC(C)(O)c1cc(Cl)cc([C@H](CC=O)NC(=O)CNC(=O)c2cc(O)cc(NC3=NCC(F)CN3)c2)c1. The summed E-state index contributed by atoms with van der Waals surface area (Å²) in [4.78, 5) is 40.5. The summed E-state index contributed by atoms with van der Waals surface area (Å²) in [6, 6.07) is 8.14. The van der Waals surface area contributed by atoms with Gasteiger partial charge in [-0.25, -0.2) is 9.38 Å². The first kappa shape index (κ1) is 27.9. The van der Waals surface area contributed by atoms with Crippen LogP contribution in [0.5, 0.6) is 5.75 Å². The second-order valence-electron chi connectivity index (χ2n) is 9.10. The Morgan fingerprint density at radius 3 is 2.68 bits per heavy atom. The molecule has 198 valence electrons. The molecule has 2 aromatic rings. The molecule has 0 radical (unpaired) electrons. The van der Waals surface area contributed by atoms with Crippen molar-refractivity contribution >= 4 is 41.3 Å². The average Bonchev–Trinajstić information content (AvgIpc) is 2.82. The summed E-state index contributed by atoms with van der Waals surface area (Å²) in [6.07, 6.45) is -0.487. The monoisotopic (exact) mass is 533 g/mol. The normalized spacial score (nSPS) is 16.1. The number of alkyl halides is 1. The molecule has 0 saturated heterocycles. The minimum atomic E-state index is -1.19. The van der Waals surface area contributed by atoms with Crippen LogP contribution in [-0.4, -0.2) is 60.1 Å². The fourth-order valence-electron chi connectivity index (χ4n) is 3.60. The van der Waals surface area contributed by atoms with Crippen LogP contribution in [0.4, 0.5) is 10.1 Å². The molecule has 1 aliphatic heterocycles. The maximum Gasteiger partial charge on any atom is 0.251 e. The van der Waals surface area contributed by atoms with E-state index in [9.17, 15) is 29.0 Å². The molecular weight excluding hydrogens is 505 g/mol. The summed E-state index contributed by atoms with van der Waals surface area (Å²) in [5, 5.41) is 31.5. The van der Waals surface area contributed by atoms with Gasteiger partial charge in [0.25, 0.3) is 5.91 Å². The summed E-state index contributed by atoms with van der Waals surface area (Å²) < 4.78 is 13.2. The molecule has 0 bridgehead atoms. The molecular formula is C25H29ClFN5O5. The molecule has 0 saturated carbocycles. The smallest absolute Gasteiger partial charge is 0.251 e. The Balaban J connectivity index is 1.65. The van der Waals surface area contributed by atoms with Crippen molar-refractivity contribution in [1.82, 2.24) is 16.0 Å². The van der Waals surface area contributed by atoms with Crippen LogP contribution in [-0.2, 0) is 15.2 Å².